The molecule has 122 valence electrons. The fraction of sp³-hybridized carbons (Fsp3) is 0.235. The van der Waals surface area contributed by atoms with Crippen molar-refractivity contribution in [2.24, 2.45) is 0 Å². The van der Waals surface area contributed by atoms with E-state index in [1.165, 1.54) is 0 Å². The number of para-hydroxylation sites is 1. The molecule has 0 aliphatic rings. The number of amides is 1. The third-order valence-electron chi connectivity index (χ3n) is 3.21. The third kappa shape index (κ3) is 7.50. The molecule has 3 nitrogen and oxygen atoms in total. The summed E-state index contributed by atoms with van der Waals surface area (Å²) in [5.41, 5.74) is 0.374. The molecular formula is C17H18F2NO2Ti-. The Morgan fingerprint density at radius 1 is 1.22 bits per heavy atom. The van der Waals surface area contributed by atoms with E-state index < -0.39 is 25.8 Å². The van der Waals surface area contributed by atoms with E-state index in [4.69, 9.17) is 0 Å². The van der Waals surface area contributed by atoms with Gasteiger partial charge in [0, 0.05) is 5.69 Å². The predicted molar refractivity (Wildman–Crippen MR) is 81.5 cm³/mol. The van der Waals surface area contributed by atoms with Crippen molar-refractivity contribution in [2.45, 2.75) is 25.4 Å². The Bertz CT molecular complexity index is 580. The van der Waals surface area contributed by atoms with Gasteiger partial charge in [0.05, 0.1) is 0 Å². The van der Waals surface area contributed by atoms with Gasteiger partial charge in [-0.15, -0.1) is 0 Å². The Balaban J connectivity index is 0.000000816. The van der Waals surface area contributed by atoms with Crippen LogP contribution in [0.3, 0.4) is 0 Å². The predicted octanol–water partition coefficient (Wildman–Crippen LogP) is 3.65. The van der Waals surface area contributed by atoms with Crippen LogP contribution in [0.4, 0.5) is 11.9 Å². The van der Waals surface area contributed by atoms with Crippen molar-refractivity contribution < 1.29 is 36.3 Å². The van der Waals surface area contributed by atoms with E-state index in [-0.39, 0.29) is 5.91 Å². The Morgan fingerprint density at radius 2 is 1.78 bits per heavy atom. The van der Waals surface area contributed by atoms with Gasteiger partial charge in [-0.1, -0.05) is 18.2 Å². The molecule has 0 aromatic heterocycles. The van der Waals surface area contributed by atoms with Gasteiger partial charge in [0.15, 0.2) is 0 Å². The van der Waals surface area contributed by atoms with Crippen LogP contribution in [0.2, 0.25) is 0 Å². The summed E-state index contributed by atoms with van der Waals surface area (Å²) in [5.74, 6) is -0.383. The number of benzene rings is 2. The van der Waals surface area contributed by atoms with Crippen molar-refractivity contribution in [1.82, 2.24) is 0 Å². The molecule has 6 heteroatoms. The van der Waals surface area contributed by atoms with Crippen molar-refractivity contribution in [2.75, 3.05) is 5.32 Å². The first-order valence-corrected chi connectivity index (χ1v) is 8.18. The maximum absolute atomic E-state index is 12.1. The normalized spacial score (nSPS) is 12.3. The fourth-order valence-electron chi connectivity index (χ4n) is 1.88. The van der Waals surface area contributed by atoms with E-state index in [1.54, 1.807) is 19.1 Å². The van der Waals surface area contributed by atoms with Crippen LogP contribution in [0, 0.1) is 6.07 Å². The van der Waals surface area contributed by atoms with E-state index in [1.807, 2.05) is 42.5 Å². The quantitative estimate of drug-likeness (QED) is 0.636. The van der Waals surface area contributed by atoms with E-state index in [0.29, 0.717) is 18.5 Å². The molecule has 0 heterocycles. The number of halogens is 2. The summed E-state index contributed by atoms with van der Waals surface area (Å²) in [5, 5.41) is 13.0. The summed E-state index contributed by atoms with van der Waals surface area (Å²) in [6.07, 6.45) is 1.01. The molecule has 0 unspecified atom stereocenters. The van der Waals surface area contributed by atoms with Gasteiger partial charge in [-0.05, 0) is 31.9 Å². The molecule has 0 spiro atoms. The van der Waals surface area contributed by atoms with Crippen molar-refractivity contribution in [3.05, 3.63) is 66.2 Å². The third-order valence-corrected chi connectivity index (χ3v) is 3.21. The summed E-state index contributed by atoms with van der Waals surface area (Å²) in [4.78, 5) is 12.1. The zero-order valence-electron chi connectivity index (χ0n) is 12.7. The van der Waals surface area contributed by atoms with Gasteiger partial charge in [-0.3, -0.25) is 4.79 Å². The van der Waals surface area contributed by atoms with Gasteiger partial charge < -0.3 is 10.4 Å². The molecule has 0 saturated heterocycles. The van der Waals surface area contributed by atoms with Gasteiger partial charge in [0.2, 0.25) is 0 Å². The molecule has 1 atom stereocenters. The summed E-state index contributed by atoms with van der Waals surface area (Å²) >= 11 is -2.50. The molecule has 0 aliphatic carbocycles. The van der Waals surface area contributed by atoms with Crippen molar-refractivity contribution in [1.29, 1.82) is 0 Å². The second kappa shape index (κ2) is 10.3. The number of hydrogen-bond donors (Lipinski definition) is 2. The van der Waals surface area contributed by atoms with E-state index in [0.717, 1.165) is 5.56 Å². The zero-order valence-corrected chi connectivity index (χ0v) is 14.3. The summed E-state index contributed by atoms with van der Waals surface area (Å²) in [7, 11) is 0. The Hall–Kier alpha value is -1.56. The topological polar surface area (TPSA) is 49.3 Å². The SMILES string of the molecule is C[C@](O)(CCc1cc[c-]cc1)C(=O)Nc1ccccc1.[F][Ti][F]. The van der Waals surface area contributed by atoms with Crippen molar-refractivity contribution in [3.8, 4) is 0 Å². The second-order valence-electron chi connectivity index (χ2n) is 5.07. The molecule has 0 aliphatic heterocycles. The molecule has 2 aromatic carbocycles. The van der Waals surface area contributed by atoms with E-state index in [2.05, 4.69) is 11.4 Å². The maximum atomic E-state index is 12.1. The molecule has 0 fully saturated rings. The Labute approximate surface area is 145 Å². The fourth-order valence-corrected chi connectivity index (χ4v) is 1.88. The zero-order chi connectivity index (χ0) is 17.1. The molecule has 0 saturated carbocycles. The first-order valence-electron chi connectivity index (χ1n) is 6.99. The van der Waals surface area contributed by atoms with Gasteiger partial charge in [0.25, 0.3) is 5.91 Å². The van der Waals surface area contributed by atoms with Crippen LogP contribution in [0.15, 0.2) is 54.6 Å². The van der Waals surface area contributed by atoms with Crippen LogP contribution in [0.1, 0.15) is 18.9 Å². The summed E-state index contributed by atoms with van der Waals surface area (Å²) < 4.78 is 19.5. The standard InChI is InChI=1S/C17H18NO2.2FH.Ti/c1-17(20,13-12-14-8-4-2-5-9-14)16(19)18-15-10-6-3-7-11-15;;;/h3-11,20H,12-13H2,1H3,(H,18,19);2*1H;/q-1;;;+2/p-2/t17-;;;/m0.../s1. The van der Waals surface area contributed by atoms with Crippen LogP contribution in [0.25, 0.3) is 0 Å². The van der Waals surface area contributed by atoms with Crippen LogP contribution in [-0.4, -0.2) is 16.6 Å². The van der Waals surface area contributed by atoms with Crippen LogP contribution < -0.4 is 5.32 Å². The van der Waals surface area contributed by atoms with Gasteiger partial charge in [0.1, 0.15) is 5.60 Å². The monoisotopic (exact) mass is 354 g/mol. The Kier molecular flexibility index (Phi) is 8.70. The number of carbonyl (C=O) groups excluding carboxylic acids is 1. The van der Waals surface area contributed by atoms with Crippen molar-refractivity contribution in [3.63, 3.8) is 0 Å². The van der Waals surface area contributed by atoms with Gasteiger partial charge >= 0.3 is 26.4 Å². The minimum atomic E-state index is -2.50. The molecular weight excluding hydrogens is 336 g/mol. The first-order chi connectivity index (χ1) is 11.0. The summed E-state index contributed by atoms with van der Waals surface area (Å²) in [6, 6.07) is 19.6. The first kappa shape index (κ1) is 19.5. The number of hydrogen-bond acceptors (Lipinski definition) is 2. The molecule has 23 heavy (non-hydrogen) atoms. The van der Waals surface area contributed by atoms with E-state index in [9.17, 15) is 16.1 Å². The van der Waals surface area contributed by atoms with E-state index >= 15 is 0 Å². The van der Waals surface area contributed by atoms with Crippen molar-refractivity contribution >= 4 is 11.6 Å². The molecule has 2 aromatic rings. The Morgan fingerprint density at radius 3 is 2.35 bits per heavy atom. The van der Waals surface area contributed by atoms with Crippen LogP contribution >= 0.6 is 0 Å². The number of aryl methyl sites for hydroxylation is 1. The molecule has 1 amide bonds. The number of rotatable bonds is 5. The number of anilines is 1. The van der Waals surface area contributed by atoms with Gasteiger partial charge in [-0.25, -0.2) is 0 Å². The number of nitrogens with one attached hydrogen (secondary N) is 1. The molecule has 2 N–H and O–H groups in total. The molecule has 2 rings (SSSR count). The average Bonchev–Trinajstić information content (AvgIpc) is 2.56. The average molecular weight is 354 g/mol. The summed E-state index contributed by atoms with van der Waals surface area (Å²) in [6.45, 7) is 1.54. The molecule has 0 bridgehead atoms. The number of aliphatic hydroxyl groups is 1. The number of carbonyl (C=O) groups is 1. The second-order valence-corrected chi connectivity index (χ2v) is 5.30. The minimum absolute atomic E-state index is 0.371. The van der Waals surface area contributed by atoms with Crippen LogP contribution in [-0.2, 0) is 31.4 Å². The van der Waals surface area contributed by atoms with Crippen LogP contribution in [0.5, 0.6) is 0 Å². The van der Waals surface area contributed by atoms with Gasteiger partial charge in [-0.2, -0.15) is 35.9 Å². The molecule has 0 radical (unpaired) electrons.